The Balaban J connectivity index is 1.62. The van der Waals surface area contributed by atoms with E-state index in [-0.39, 0.29) is 5.91 Å². The van der Waals surface area contributed by atoms with E-state index < -0.39 is 0 Å². The standard InChI is InChI=1S/C21H30N4O/c1-15-14-16(2)25-19(22-15)18(17(3)23-25)20(26)24-12-7-10-21(11-13-24)8-5-4-6-9-21/h14H,4-13H2,1-3H3. The van der Waals surface area contributed by atoms with Gasteiger partial charge >= 0.3 is 0 Å². The molecular weight excluding hydrogens is 324 g/mol. The molecule has 1 aliphatic heterocycles. The summed E-state index contributed by atoms with van der Waals surface area (Å²) in [6, 6.07) is 2.01. The Morgan fingerprint density at radius 2 is 1.73 bits per heavy atom. The molecule has 0 unspecified atom stereocenters. The van der Waals surface area contributed by atoms with Crippen molar-refractivity contribution < 1.29 is 4.79 Å². The Kier molecular flexibility index (Phi) is 4.49. The molecule has 0 bridgehead atoms. The molecule has 3 heterocycles. The molecule has 4 rings (SSSR count). The molecule has 0 N–H and O–H groups in total. The number of hydrogen-bond acceptors (Lipinski definition) is 3. The summed E-state index contributed by atoms with van der Waals surface area (Å²) in [5, 5.41) is 4.58. The first-order valence-corrected chi connectivity index (χ1v) is 10.1. The molecule has 2 aromatic rings. The summed E-state index contributed by atoms with van der Waals surface area (Å²) in [6.07, 6.45) is 10.4. The number of hydrogen-bond donors (Lipinski definition) is 0. The first-order valence-electron chi connectivity index (χ1n) is 10.1. The fourth-order valence-electron chi connectivity index (χ4n) is 5.09. The fraction of sp³-hybridized carbons (Fsp3) is 0.667. The third-order valence-corrected chi connectivity index (χ3v) is 6.53. The van der Waals surface area contributed by atoms with E-state index in [0.29, 0.717) is 16.6 Å². The third-order valence-electron chi connectivity index (χ3n) is 6.53. The molecule has 140 valence electrons. The summed E-state index contributed by atoms with van der Waals surface area (Å²) in [7, 11) is 0. The smallest absolute Gasteiger partial charge is 0.259 e. The number of amides is 1. The Morgan fingerprint density at radius 1 is 1.00 bits per heavy atom. The van der Waals surface area contributed by atoms with Gasteiger partial charge in [0, 0.05) is 24.5 Å². The molecule has 0 radical (unpaired) electrons. The van der Waals surface area contributed by atoms with Gasteiger partial charge in [-0.2, -0.15) is 5.10 Å². The van der Waals surface area contributed by atoms with Gasteiger partial charge in [0.25, 0.3) is 5.91 Å². The van der Waals surface area contributed by atoms with Gasteiger partial charge in [0.2, 0.25) is 0 Å². The maximum absolute atomic E-state index is 13.4. The van der Waals surface area contributed by atoms with E-state index in [2.05, 4.69) is 15.0 Å². The Hall–Kier alpha value is -1.91. The maximum atomic E-state index is 13.4. The second-order valence-electron chi connectivity index (χ2n) is 8.44. The van der Waals surface area contributed by atoms with Crippen molar-refractivity contribution in [2.45, 2.75) is 72.1 Å². The quantitative estimate of drug-likeness (QED) is 0.770. The average molecular weight is 354 g/mol. The number of nitrogens with zero attached hydrogens (tertiary/aromatic N) is 4. The normalized spacial score (nSPS) is 20.5. The zero-order valence-corrected chi connectivity index (χ0v) is 16.3. The first kappa shape index (κ1) is 17.5. The van der Waals surface area contributed by atoms with E-state index in [9.17, 15) is 4.79 Å². The maximum Gasteiger partial charge on any atom is 0.259 e. The molecule has 0 aromatic carbocycles. The number of rotatable bonds is 1. The second-order valence-corrected chi connectivity index (χ2v) is 8.44. The largest absolute Gasteiger partial charge is 0.338 e. The van der Waals surface area contributed by atoms with Gasteiger partial charge in [-0.25, -0.2) is 9.50 Å². The average Bonchev–Trinajstić information content (AvgIpc) is 2.81. The summed E-state index contributed by atoms with van der Waals surface area (Å²) >= 11 is 0. The molecule has 2 aromatic heterocycles. The summed E-state index contributed by atoms with van der Waals surface area (Å²) in [5.74, 6) is 0.114. The number of carbonyl (C=O) groups excluding carboxylic acids is 1. The van der Waals surface area contributed by atoms with Crippen LogP contribution < -0.4 is 0 Å². The van der Waals surface area contributed by atoms with Crippen LogP contribution in [0.15, 0.2) is 6.07 Å². The zero-order valence-electron chi connectivity index (χ0n) is 16.3. The molecule has 1 saturated carbocycles. The van der Waals surface area contributed by atoms with Crippen molar-refractivity contribution in [3.8, 4) is 0 Å². The highest BCUT2D eigenvalue weighted by Crippen LogP contribution is 2.44. The van der Waals surface area contributed by atoms with Gasteiger partial charge in [-0.1, -0.05) is 19.3 Å². The molecular formula is C21H30N4O. The highest BCUT2D eigenvalue weighted by atomic mass is 16.2. The minimum Gasteiger partial charge on any atom is -0.338 e. The molecule has 2 fully saturated rings. The predicted octanol–water partition coefficient (Wildman–Crippen LogP) is 4.23. The van der Waals surface area contributed by atoms with Gasteiger partial charge < -0.3 is 4.90 Å². The van der Waals surface area contributed by atoms with Gasteiger partial charge in [-0.3, -0.25) is 4.79 Å². The third kappa shape index (κ3) is 3.01. The highest BCUT2D eigenvalue weighted by Gasteiger charge is 2.35. The van der Waals surface area contributed by atoms with Crippen LogP contribution in [-0.4, -0.2) is 38.5 Å². The Labute approximate surface area is 155 Å². The minimum absolute atomic E-state index is 0.114. The van der Waals surface area contributed by atoms with Crippen LogP contribution >= 0.6 is 0 Å². The number of aryl methyl sites for hydroxylation is 3. The molecule has 1 spiro atoms. The lowest BCUT2D eigenvalue weighted by Gasteiger charge is -2.36. The number of fused-ring (bicyclic) bond motifs is 1. The zero-order chi connectivity index (χ0) is 18.3. The van der Waals surface area contributed by atoms with Crippen LogP contribution in [0.3, 0.4) is 0 Å². The van der Waals surface area contributed by atoms with Crippen LogP contribution in [0.5, 0.6) is 0 Å². The predicted molar refractivity (Wildman–Crippen MR) is 102 cm³/mol. The first-order chi connectivity index (χ1) is 12.5. The Bertz CT molecular complexity index is 832. The van der Waals surface area contributed by atoms with Crippen molar-refractivity contribution in [1.82, 2.24) is 19.5 Å². The van der Waals surface area contributed by atoms with Crippen molar-refractivity contribution >= 4 is 11.6 Å². The summed E-state index contributed by atoms with van der Waals surface area (Å²) < 4.78 is 1.82. The van der Waals surface area contributed by atoms with Crippen LogP contribution in [0.1, 0.15) is 78.8 Å². The van der Waals surface area contributed by atoms with Crippen molar-refractivity contribution in [2.24, 2.45) is 5.41 Å². The summed E-state index contributed by atoms with van der Waals surface area (Å²) in [4.78, 5) is 20.1. The second kappa shape index (κ2) is 6.67. The van der Waals surface area contributed by atoms with Gasteiger partial charge in [0.1, 0.15) is 5.56 Å². The van der Waals surface area contributed by atoms with E-state index in [1.807, 2.05) is 31.4 Å². The van der Waals surface area contributed by atoms with Crippen LogP contribution in [0.4, 0.5) is 0 Å². The Morgan fingerprint density at radius 3 is 2.50 bits per heavy atom. The lowest BCUT2D eigenvalue weighted by Crippen LogP contribution is -2.33. The van der Waals surface area contributed by atoms with E-state index in [1.54, 1.807) is 0 Å². The fourth-order valence-corrected chi connectivity index (χ4v) is 5.09. The molecule has 0 atom stereocenters. The van der Waals surface area contributed by atoms with Crippen molar-refractivity contribution in [3.63, 3.8) is 0 Å². The molecule has 5 nitrogen and oxygen atoms in total. The molecule has 2 aliphatic rings. The van der Waals surface area contributed by atoms with Crippen LogP contribution in [0.2, 0.25) is 0 Å². The topological polar surface area (TPSA) is 50.5 Å². The van der Waals surface area contributed by atoms with Crippen molar-refractivity contribution in [1.29, 1.82) is 0 Å². The molecule has 1 saturated heterocycles. The van der Waals surface area contributed by atoms with Crippen molar-refractivity contribution in [2.75, 3.05) is 13.1 Å². The molecule has 1 aliphatic carbocycles. The van der Waals surface area contributed by atoms with E-state index >= 15 is 0 Å². The summed E-state index contributed by atoms with van der Waals surface area (Å²) in [5.41, 5.74) is 4.63. The lowest BCUT2D eigenvalue weighted by molar-refractivity contribution is 0.0750. The lowest BCUT2D eigenvalue weighted by atomic mass is 9.69. The van der Waals surface area contributed by atoms with Crippen molar-refractivity contribution in [3.05, 3.63) is 28.7 Å². The highest BCUT2D eigenvalue weighted by molar-refractivity contribution is 6.01. The molecule has 1 amide bonds. The molecule has 26 heavy (non-hydrogen) atoms. The van der Waals surface area contributed by atoms with Crippen LogP contribution in [0.25, 0.3) is 5.65 Å². The monoisotopic (exact) mass is 354 g/mol. The summed E-state index contributed by atoms with van der Waals surface area (Å²) in [6.45, 7) is 7.66. The van der Waals surface area contributed by atoms with Gasteiger partial charge in [0.05, 0.1) is 5.69 Å². The SMILES string of the molecule is Cc1cc(C)n2nc(C)c(C(=O)N3CCCC4(CCCCC4)CC3)c2n1. The van der Waals surface area contributed by atoms with Gasteiger partial charge in [-0.15, -0.1) is 0 Å². The van der Waals surface area contributed by atoms with Gasteiger partial charge in [0.15, 0.2) is 5.65 Å². The van der Waals surface area contributed by atoms with Gasteiger partial charge in [-0.05, 0) is 64.4 Å². The van der Waals surface area contributed by atoms with E-state index in [4.69, 9.17) is 0 Å². The number of aromatic nitrogens is 3. The number of likely N-dealkylation sites (tertiary alicyclic amines) is 1. The molecule has 5 heteroatoms. The van der Waals surface area contributed by atoms with Crippen LogP contribution in [-0.2, 0) is 0 Å². The number of carbonyl (C=O) groups is 1. The van der Waals surface area contributed by atoms with E-state index in [1.165, 1.54) is 38.5 Å². The minimum atomic E-state index is 0.114. The van der Waals surface area contributed by atoms with E-state index in [0.717, 1.165) is 43.0 Å². The van der Waals surface area contributed by atoms with Crippen LogP contribution in [0, 0.1) is 26.2 Å².